The second kappa shape index (κ2) is 5.06. The molecule has 3 nitrogen and oxygen atoms in total. The van der Waals surface area contributed by atoms with E-state index in [1.807, 2.05) is 11.6 Å². The van der Waals surface area contributed by atoms with E-state index < -0.39 is 5.97 Å². The SMILES string of the molecule is CCc1ccsc1Cn1cc(Br)cc1C(=O)O. The molecule has 5 heteroatoms. The van der Waals surface area contributed by atoms with Gasteiger partial charge in [0.25, 0.3) is 0 Å². The van der Waals surface area contributed by atoms with E-state index in [2.05, 4.69) is 28.9 Å². The monoisotopic (exact) mass is 313 g/mol. The number of rotatable bonds is 4. The number of carboxylic acid groups (broad SMARTS) is 1. The van der Waals surface area contributed by atoms with Crippen LogP contribution in [0.1, 0.15) is 27.9 Å². The van der Waals surface area contributed by atoms with Crippen molar-refractivity contribution in [1.82, 2.24) is 4.57 Å². The number of thiophene rings is 1. The molecule has 0 radical (unpaired) electrons. The highest BCUT2D eigenvalue weighted by molar-refractivity contribution is 9.10. The van der Waals surface area contributed by atoms with Crippen molar-refractivity contribution >= 4 is 33.2 Å². The highest BCUT2D eigenvalue weighted by Crippen LogP contribution is 2.22. The summed E-state index contributed by atoms with van der Waals surface area (Å²) in [6.07, 6.45) is 2.78. The lowest BCUT2D eigenvalue weighted by atomic mass is 10.2. The van der Waals surface area contributed by atoms with Crippen molar-refractivity contribution in [3.8, 4) is 0 Å². The maximum absolute atomic E-state index is 11.1. The Morgan fingerprint density at radius 3 is 3.00 bits per heavy atom. The molecule has 0 aliphatic rings. The van der Waals surface area contributed by atoms with Gasteiger partial charge in [0.2, 0.25) is 0 Å². The lowest BCUT2D eigenvalue weighted by molar-refractivity contribution is 0.0685. The minimum Gasteiger partial charge on any atom is -0.477 e. The van der Waals surface area contributed by atoms with Gasteiger partial charge >= 0.3 is 5.97 Å². The average Bonchev–Trinajstić information content (AvgIpc) is 2.85. The molecule has 2 aromatic rings. The summed E-state index contributed by atoms with van der Waals surface area (Å²) < 4.78 is 2.56. The lowest BCUT2D eigenvalue weighted by Gasteiger charge is -2.06. The second-order valence-corrected chi connectivity index (χ2v) is 5.62. The summed E-state index contributed by atoms with van der Waals surface area (Å²) in [6.45, 7) is 2.73. The number of aromatic carboxylic acids is 1. The van der Waals surface area contributed by atoms with E-state index in [0.29, 0.717) is 12.2 Å². The number of carboxylic acids is 1. The highest BCUT2D eigenvalue weighted by atomic mass is 79.9. The predicted molar refractivity (Wildman–Crippen MR) is 71.9 cm³/mol. The van der Waals surface area contributed by atoms with Crippen LogP contribution >= 0.6 is 27.3 Å². The molecule has 0 aromatic carbocycles. The molecule has 0 amide bonds. The van der Waals surface area contributed by atoms with Gasteiger partial charge in [0.05, 0.1) is 6.54 Å². The zero-order chi connectivity index (χ0) is 12.4. The molecule has 2 aromatic heterocycles. The number of carbonyl (C=O) groups is 1. The maximum atomic E-state index is 11.1. The van der Waals surface area contributed by atoms with Gasteiger partial charge in [-0.3, -0.25) is 0 Å². The van der Waals surface area contributed by atoms with Crippen LogP contribution < -0.4 is 0 Å². The van der Waals surface area contributed by atoms with Gasteiger partial charge in [0.1, 0.15) is 5.69 Å². The summed E-state index contributed by atoms with van der Waals surface area (Å²) in [5.74, 6) is -0.898. The molecular formula is C12H12BrNO2S. The van der Waals surface area contributed by atoms with Gasteiger partial charge in [0, 0.05) is 15.5 Å². The molecule has 0 aliphatic carbocycles. The number of aryl methyl sites for hydroxylation is 1. The lowest BCUT2D eigenvalue weighted by Crippen LogP contribution is -2.08. The first kappa shape index (κ1) is 12.4. The summed E-state index contributed by atoms with van der Waals surface area (Å²) in [5.41, 5.74) is 1.60. The third-order valence-corrected chi connectivity index (χ3v) is 4.00. The Labute approximate surface area is 112 Å². The normalized spacial score (nSPS) is 10.7. The van der Waals surface area contributed by atoms with Gasteiger partial charge in [0.15, 0.2) is 0 Å². The Hall–Kier alpha value is -1.07. The van der Waals surface area contributed by atoms with Gasteiger partial charge in [-0.25, -0.2) is 4.79 Å². The fourth-order valence-electron chi connectivity index (χ4n) is 1.76. The van der Waals surface area contributed by atoms with Crippen molar-refractivity contribution in [2.75, 3.05) is 0 Å². The zero-order valence-electron chi connectivity index (χ0n) is 9.31. The molecule has 1 N–H and O–H groups in total. The van der Waals surface area contributed by atoms with Crippen molar-refractivity contribution in [1.29, 1.82) is 0 Å². The molecule has 90 valence electrons. The third kappa shape index (κ3) is 2.61. The van der Waals surface area contributed by atoms with E-state index in [-0.39, 0.29) is 0 Å². The quantitative estimate of drug-likeness (QED) is 0.936. The van der Waals surface area contributed by atoms with E-state index in [1.165, 1.54) is 10.4 Å². The van der Waals surface area contributed by atoms with Crippen molar-refractivity contribution in [3.05, 3.63) is 44.3 Å². The summed E-state index contributed by atoms with van der Waals surface area (Å²) in [6, 6.07) is 3.72. The zero-order valence-corrected chi connectivity index (χ0v) is 11.7. The van der Waals surface area contributed by atoms with Gasteiger partial charge in [-0.15, -0.1) is 11.3 Å². The first-order valence-electron chi connectivity index (χ1n) is 5.26. The van der Waals surface area contributed by atoms with Gasteiger partial charge in [-0.2, -0.15) is 0 Å². The Balaban J connectivity index is 2.33. The minimum absolute atomic E-state index is 0.312. The molecule has 0 spiro atoms. The standard InChI is InChI=1S/C12H12BrNO2S/c1-2-8-3-4-17-11(8)7-14-6-9(13)5-10(14)12(15)16/h3-6H,2,7H2,1H3,(H,15,16). The van der Waals surface area contributed by atoms with E-state index >= 15 is 0 Å². The van der Waals surface area contributed by atoms with Crippen LogP contribution in [-0.2, 0) is 13.0 Å². The van der Waals surface area contributed by atoms with Crippen molar-refractivity contribution in [3.63, 3.8) is 0 Å². The maximum Gasteiger partial charge on any atom is 0.352 e. The Morgan fingerprint density at radius 2 is 2.35 bits per heavy atom. The Morgan fingerprint density at radius 1 is 1.59 bits per heavy atom. The van der Waals surface area contributed by atoms with Gasteiger partial charge in [-0.05, 0) is 45.4 Å². The van der Waals surface area contributed by atoms with Crippen LogP contribution in [0, 0.1) is 0 Å². The topological polar surface area (TPSA) is 42.2 Å². The van der Waals surface area contributed by atoms with Crippen LogP contribution in [0.3, 0.4) is 0 Å². The number of hydrogen-bond acceptors (Lipinski definition) is 2. The van der Waals surface area contributed by atoms with Crippen LogP contribution in [0.5, 0.6) is 0 Å². The van der Waals surface area contributed by atoms with Crippen LogP contribution in [0.25, 0.3) is 0 Å². The highest BCUT2D eigenvalue weighted by Gasteiger charge is 2.13. The summed E-state index contributed by atoms with van der Waals surface area (Å²) in [7, 11) is 0. The van der Waals surface area contributed by atoms with Crippen LogP contribution in [0.2, 0.25) is 0 Å². The van der Waals surface area contributed by atoms with Crippen LogP contribution in [0.4, 0.5) is 0 Å². The Kier molecular flexibility index (Phi) is 3.69. The van der Waals surface area contributed by atoms with E-state index in [1.54, 1.807) is 22.0 Å². The number of hydrogen-bond donors (Lipinski definition) is 1. The van der Waals surface area contributed by atoms with Crippen molar-refractivity contribution in [2.45, 2.75) is 19.9 Å². The smallest absolute Gasteiger partial charge is 0.352 e. The second-order valence-electron chi connectivity index (χ2n) is 3.70. The minimum atomic E-state index is -0.898. The molecule has 2 rings (SSSR count). The summed E-state index contributed by atoms with van der Waals surface area (Å²) in [4.78, 5) is 12.3. The first-order valence-corrected chi connectivity index (χ1v) is 6.93. The molecule has 0 fully saturated rings. The fourth-order valence-corrected chi connectivity index (χ4v) is 3.20. The van der Waals surface area contributed by atoms with Crippen LogP contribution in [-0.4, -0.2) is 15.6 Å². The molecule has 0 unspecified atom stereocenters. The van der Waals surface area contributed by atoms with E-state index in [9.17, 15) is 4.79 Å². The van der Waals surface area contributed by atoms with Crippen LogP contribution in [0.15, 0.2) is 28.2 Å². The van der Waals surface area contributed by atoms with Crippen molar-refractivity contribution < 1.29 is 9.90 Å². The molecular weight excluding hydrogens is 302 g/mol. The van der Waals surface area contributed by atoms with Gasteiger partial charge < -0.3 is 9.67 Å². The number of nitrogens with zero attached hydrogens (tertiary/aromatic N) is 1. The first-order chi connectivity index (χ1) is 8.11. The molecule has 2 heterocycles. The third-order valence-electron chi connectivity index (χ3n) is 2.61. The molecule has 0 saturated carbocycles. The van der Waals surface area contributed by atoms with E-state index in [0.717, 1.165) is 10.9 Å². The van der Waals surface area contributed by atoms with E-state index in [4.69, 9.17) is 5.11 Å². The molecule has 0 saturated heterocycles. The molecule has 0 atom stereocenters. The average molecular weight is 314 g/mol. The van der Waals surface area contributed by atoms with Gasteiger partial charge in [-0.1, -0.05) is 6.92 Å². The number of halogens is 1. The number of aromatic nitrogens is 1. The Bertz CT molecular complexity index is 544. The largest absolute Gasteiger partial charge is 0.477 e. The summed E-state index contributed by atoms with van der Waals surface area (Å²) in [5, 5.41) is 11.1. The fraction of sp³-hybridized carbons (Fsp3) is 0.250. The molecule has 0 bridgehead atoms. The molecule has 0 aliphatic heterocycles. The predicted octanol–water partition coefficient (Wildman–Crippen LogP) is 3.62. The van der Waals surface area contributed by atoms with Crippen molar-refractivity contribution in [2.24, 2.45) is 0 Å². The molecule has 17 heavy (non-hydrogen) atoms. The summed E-state index contributed by atoms with van der Waals surface area (Å²) >= 11 is 4.98.